The number of hydrogen-bond donors (Lipinski definition) is 2. The molecule has 0 aliphatic carbocycles. The van der Waals surface area contributed by atoms with Gasteiger partial charge >= 0.3 is 6.03 Å². The van der Waals surface area contributed by atoms with Gasteiger partial charge in [-0.25, -0.2) is 4.79 Å². The first-order chi connectivity index (χ1) is 9.53. The van der Waals surface area contributed by atoms with Gasteiger partial charge in [0.1, 0.15) is 0 Å². The van der Waals surface area contributed by atoms with Crippen molar-refractivity contribution < 1.29 is 14.4 Å². The first-order valence-electron chi connectivity index (χ1n) is 7.11. The largest absolute Gasteiger partial charge is 0.389 e. The average Bonchev–Trinajstić information content (AvgIpc) is 2.80. The van der Waals surface area contributed by atoms with Crippen LogP contribution >= 0.6 is 0 Å². The van der Waals surface area contributed by atoms with Gasteiger partial charge in [0, 0.05) is 12.0 Å². The summed E-state index contributed by atoms with van der Waals surface area (Å²) in [5.41, 5.74) is -1.15. The second-order valence-corrected chi connectivity index (χ2v) is 6.75. The molecular weight excluding hydrogens is 272 g/mol. The third-order valence-corrected chi connectivity index (χ3v) is 2.75. The van der Waals surface area contributed by atoms with E-state index in [-0.39, 0.29) is 24.5 Å². The summed E-state index contributed by atoms with van der Waals surface area (Å²) in [6, 6.07) is -0.262. The van der Waals surface area contributed by atoms with E-state index < -0.39 is 5.60 Å². The number of aromatic nitrogens is 2. The van der Waals surface area contributed by atoms with Gasteiger partial charge in [-0.15, -0.1) is 0 Å². The number of nitrogens with one attached hydrogen (secondary N) is 1. The minimum absolute atomic E-state index is 0.195. The first-order valence-corrected chi connectivity index (χ1v) is 7.11. The molecule has 1 rings (SSSR count). The van der Waals surface area contributed by atoms with Crippen LogP contribution in [0.1, 0.15) is 53.3 Å². The summed E-state index contributed by atoms with van der Waals surface area (Å²) in [5, 5.41) is 16.4. The molecule has 120 valence electrons. The van der Waals surface area contributed by atoms with Crippen molar-refractivity contribution in [2.24, 2.45) is 0 Å². The fraction of sp³-hybridized carbons (Fsp3) is 0.786. The van der Waals surface area contributed by atoms with Gasteiger partial charge in [0.2, 0.25) is 5.89 Å². The summed E-state index contributed by atoms with van der Waals surface area (Å²) in [5.74, 6) is 0.975. The zero-order valence-corrected chi connectivity index (χ0v) is 13.7. The van der Waals surface area contributed by atoms with E-state index >= 15 is 0 Å². The lowest BCUT2D eigenvalue weighted by atomic mass is 9.97. The maximum absolute atomic E-state index is 12.0. The molecule has 0 bridgehead atoms. The molecule has 0 aliphatic heterocycles. The van der Waals surface area contributed by atoms with E-state index in [0.29, 0.717) is 18.3 Å². The number of hydrogen-bond acceptors (Lipinski definition) is 5. The van der Waals surface area contributed by atoms with Crippen molar-refractivity contribution in [3.63, 3.8) is 0 Å². The Kier molecular flexibility index (Phi) is 5.33. The summed E-state index contributed by atoms with van der Waals surface area (Å²) in [7, 11) is 0. The van der Waals surface area contributed by atoms with Crippen molar-refractivity contribution in [2.45, 2.75) is 59.1 Å². The number of aliphatic hydroxyl groups is 1. The molecule has 0 saturated heterocycles. The second kappa shape index (κ2) is 6.43. The van der Waals surface area contributed by atoms with Crippen molar-refractivity contribution in [2.75, 3.05) is 13.1 Å². The molecule has 0 fully saturated rings. The van der Waals surface area contributed by atoms with E-state index in [2.05, 4.69) is 15.5 Å². The predicted octanol–water partition coefficient (Wildman–Crippen LogP) is 1.67. The van der Waals surface area contributed by atoms with Gasteiger partial charge < -0.3 is 19.8 Å². The smallest absolute Gasteiger partial charge is 0.317 e. The van der Waals surface area contributed by atoms with Crippen LogP contribution in [0.3, 0.4) is 0 Å². The second-order valence-electron chi connectivity index (χ2n) is 6.75. The highest BCUT2D eigenvalue weighted by atomic mass is 16.5. The van der Waals surface area contributed by atoms with Crippen LogP contribution in [-0.4, -0.2) is 44.9 Å². The molecule has 0 atom stereocenters. The summed E-state index contributed by atoms with van der Waals surface area (Å²) < 4.78 is 5.16. The number of urea groups is 1. The van der Waals surface area contributed by atoms with Gasteiger partial charge in [-0.3, -0.25) is 0 Å². The van der Waals surface area contributed by atoms with E-state index in [9.17, 15) is 9.90 Å². The molecule has 1 aromatic heterocycles. The highest BCUT2D eigenvalue weighted by Gasteiger charge is 2.23. The van der Waals surface area contributed by atoms with E-state index in [1.165, 1.54) is 4.90 Å². The Morgan fingerprint density at radius 1 is 1.33 bits per heavy atom. The predicted molar refractivity (Wildman–Crippen MR) is 78.8 cm³/mol. The Bertz CT molecular complexity index is 471. The molecule has 0 unspecified atom stereocenters. The van der Waals surface area contributed by atoms with E-state index in [1.807, 2.05) is 27.7 Å². The van der Waals surface area contributed by atoms with E-state index in [0.717, 1.165) is 0 Å². The van der Waals surface area contributed by atoms with Crippen molar-refractivity contribution in [1.29, 1.82) is 0 Å². The van der Waals surface area contributed by atoms with Gasteiger partial charge in [0.25, 0.3) is 0 Å². The molecule has 1 aromatic rings. The third kappa shape index (κ3) is 5.71. The molecule has 7 heteroatoms. The van der Waals surface area contributed by atoms with Gasteiger partial charge in [0.05, 0.1) is 18.7 Å². The molecule has 0 spiro atoms. The van der Waals surface area contributed by atoms with Crippen molar-refractivity contribution in [3.05, 3.63) is 11.7 Å². The molecule has 0 radical (unpaired) electrons. The highest BCUT2D eigenvalue weighted by Crippen LogP contribution is 2.19. The van der Waals surface area contributed by atoms with Crippen LogP contribution in [0, 0.1) is 0 Å². The Labute approximate surface area is 125 Å². The maximum atomic E-state index is 12.0. The number of rotatable bonds is 5. The lowest BCUT2D eigenvalue weighted by molar-refractivity contribution is 0.0479. The van der Waals surface area contributed by atoms with Gasteiger partial charge in [0.15, 0.2) is 5.82 Å². The number of carbonyl (C=O) groups is 1. The van der Waals surface area contributed by atoms with Crippen LogP contribution in [0.2, 0.25) is 0 Å². The molecule has 1 heterocycles. The molecule has 2 amide bonds. The Balaban J connectivity index is 2.57. The fourth-order valence-electron chi connectivity index (χ4n) is 1.69. The number of likely N-dealkylation sites (N-methyl/N-ethyl adjacent to an activating group) is 1. The fourth-order valence-corrected chi connectivity index (χ4v) is 1.69. The SMILES string of the molecule is CCN(CC(C)(C)O)C(=O)NCc1noc(C(C)(C)C)n1. The Morgan fingerprint density at radius 2 is 1.95 bits per heavy atom. The average molecular weight is 298 g/mol. The lowest BCUT2D eigenvalue weighted by Crippen LogP contribution is -2.46. The Hall–Kier alpha value is -1.63. The molecule has 7 nitrogen and oxygen atoms in total. The van der Waals surface area contributed by atoms with Crippen LogP contribution in [-0.2, 0) is 12.0 Å². The molecule has 2 N–H and O–H groups in total. The van der Waals surface area contributed by atoms with Gasteiger partial charge in [-0.1, -0.05) is 25.9 Å². The van der Waals surface area contributed by atoms with Crippen molar-refractivity contribution in [3.8, 4) is 0 Å². The zero-order chi connectivity index (χ0) is 16.3. The number of nitrogens with zero attached hydrogens (tertiary/aromatic N) is 3. The van der Waals surface area contributed by atoms with Crippen LogP contribution in [0.25, 0.3) is 0 Å². The quantitative estimate of drug-likeness (QED) is 0.862. The van der Waals surface area contributed by atoms with Crippen LogP contribution < -0.4 is 5.32 Å². The monoisotopic (exact) mass is 298 g/mol. The summed E-state index contributed by atoms with van der Waals surface area (Å²) in [4.78, 5) is 17.8. The normalized spacial score (nSPS) is 12.3. The standard InChI is InChI=1S/C14H26N4O3/c1-7-18(9-14(5,6)20)12(19)15-8-10-16-11(21-17-10)13(2,3)4/h20H,7-9H2,1-6H3,(H,15,19). The molecule has 0 saturated carbocycles. The third-order valence-electron chi connectivity index (χ3n) is 2.75. The lowest BCUT2D eigenvalue weighted by Gasteiger charge is -2.28. The van der Waals surface area contributed by atoms with Crippen LogP contribution in [0.5, 0.6) is 0 Å². The molecular formula is C14H26N4O3. The van der Waals surface area contributed by atoms with Crippen molar-refractivity contribution >= 4 is 6.03 Å². The summed E-state index contributed by atoms with van der Waals surface area (Å²) in [6.45, 7) is 12.1. The van der Waals surface area contributed by atoms with Crippen LogP contribution in [0.4, 0.5) is 4.79 Å². The topological polar surface area (TPSA) is 91.5 Å². The number of carbonyl (C=O) groups excluding carboxylic acids is 1. The van der Waals surface area contributed by atoms with Gasteiger partial charge in [-0.2, -0.15) is 4.98 Å². The summed E-state index contributed by atoms with van der Waals surface area (Å²) >= 11 is 0. The van der Waals surface area contributed by atoms with Crippen molar-refractivity contribution in [1.82, 2.24) is 20.4 Å². The zero-order valence-electron chi connectivity index (χ0n) is 13.7. The minimum Gasteiger partial charge on any atom is -0.389 e. The number of amides is 2. The Morgan fingerprint density at radius 3 is 2.38 bits per heavy atom. The summed E-state index contributed by atoms with van der Waals surface area (Å²) in [6.07, 6.45) is 0. The van der Waals surface area contributed by atoms with Crippen LogP contribution in [0.15, 0.2) is 4.52 Å². The molecule has 0 aromatic carbocycles. The molecule has 0 aliphatic rings. The van der Waals surface area contributed by atoms with E-state index in [1.54, 1.807) is 13.8 Å². The minimum atomic E-state index is -0.932. The van der Waals surface area contributed by atoms with E-state index in [4.69, 9.17) is 4.52 Å². The molecule has 21 heavy (non-hydrogen) atoms. The maximum Gasteiger partial charge on any atom is 0.317 e. The highest BCUT2D eigenvalue weighted by molar-refractivity contribution is 5.74. The first kappa shape index (κ1) is 17.4. The van der Waals surface area contributed by atoms with Gasteiger partial charge in [-0.05, 0) is 20.8 Å².